The summed E-state index contributed by atoms with van der Waals surface area (Å²) in [6.45, 7) is 10.6. The molecule has 608 valence electrons. The van der Waals surface area contributed by atoms with Crippen LogP contribution in [0.2, 0.25) is 20.6 Å². The number of ether oxygens (including phenoxy) is 3. The van der Waals surface area contributed by atoms with Crippen molar-refractivity contribution in [2.75, 3.05) is 57.6 Å². The number of rotatable bonds is 16. The Bertz CT molecular complexity index is 6100. The first kappa shape index (κ1) is 91.3. The van der Waals surface area contributed by atoms with Gasteiger partial charge in [-0.25, -0.2) is 60.1 Å². The van der Waals surface area contributed by atoms with Crippen molar-refractivity contribution >= 4 is 238 Å². The molecule has 1 saturated heterocycles. The summed E-state index contributed by atoms with van der Waals surface area (Å²) >= 11 is 36.9. The van der Waals surface area contributed by atoms with Gasteiger partial charge in [0.05, 0.1) is 86.5 Å². The molecule has 0 bridgehead atoms. The number of nitrogens with one attached hydrogen (secondary N) is 5. The topological polar surface area (TPSA) is 385 Å². The van der Waals surface area contributed by atoms with Crippen molar-refractivity contribution in [3.63, 3.8) is 0 Å². The summed E-state index contributed by atoms with van der Waals surface area (Å²) in [4.78, 5) is 51.1. The molecule has 0 spiro atoms. The van der Waals surface area contributed by atoms with E-state index in [0.717, 1.165) is 46.2 Å². The molecule has 2 amide bonds. The summed E-state index contributed by atoms with van der Waals surface area (Å²) in [5, 5.41) is 8.75. The Labute approximate surface area is 728 Å². The van der Waals surface area contributed by atoms with Crippen molar-refractivity contribution in [3.8, 4) is 28.4 Å². The number of nitrogen functional groups attached to an aromatic ring is 2. The molecule has 0 radical (unpaired) electrons. The van der Waals surface area contributed by atoms with Crippen molar-refractivity contribution in [1.82, 2.24) is 34.9 Å². The number of methoxy groups -OCH3 is 3. The molecule has 0 saturated carbocycles. The van der Waals surface area contributed by atoms with E-state index in [-0.39, 0.29) is 59.0 Å². The maximum Gasteiger partial charge on any atom is 0.496 e. The molecule has 0 unspecified atom stereocenters. The number of halogens is 8. The fraction of sp³-hybridized carbons (Fsp3) is 0.141. The SMILES string of the molecule is CC(=O)Nc1ccc2cc(Br)ccc2n1.COc1ccc(S(=O)(=O)Nc2cc(-c3ccc4nc(NC(C)=O)ccc4c3)cnc2Cl)cc1.COc1ccc(S(=O)(=O)Nc2cc(B3OC(C)(C)C(C)(C)O3)cnc2Cl)cc1.COc1ccc(S(=O)(=O)Nc2cc(Br)cnc2Cl)cc1.Nc1cc(Br)cnc1Cl.Nc1ccc2cc(Br)ccc2n1. The van der Waals surface area contributed by atoms with Crippen LogP contribution in [0.3, 0.4) is 0 Å². The van der Waals surface area contributed by atoms with Crippen molar-refractivity contribution in [2.45, 2.75) is 67.4 Å². The number of carbonyl (C=O) groups is 2. The Morgan fingerprint density at radius 2 is 0.778 bits per heavy atom. The number of nitrogens with two attached hydrogens (primary N) is 2. The molecular formula is C78H71BBr4Cl4N14O13S3. The summed E-state index contributed by atoms with van der Waals surface area (Å²) in [6.07, 6.45) is 6.15. The van der Waals surface area contributed by atoms with Crippen LogP contribution in [-0.4, -0.2) is 112 Å². The number of carbonyl (C=O) groups excluding carboxylic acids is 2. The second-order valence-electron chi connectivity index (χ2n) is 25.7. The molecule has 1 aliphatic heterocycles. The van der Waals surface area contributed by atoms with Gasteiger partial charge in [-0.1, -0.05) is 84.3 Å². The maximum atomic E-state index is 12.8. The second-order valence-corrected chi connectivity index (χ2v) is 35.8. The van der Waals surface area contributed by atoms with Crippen LogP contribution in [0, 0.1) is 0 Å². The lowest BCUT2D eigenvalue weighted by molar-refractivity contribution is -0.115. The minimum atomic E-state index is -3.88. The molecule has 1 aliphatic rings. The molecule has 13 aromatic rings. The van der Waals surface area contributed by atoms with Crippen LogP contribution in [0.25, 0.3) is 43.8 Å². The van der Waals surface area contributed by atoms with Crippen LogP contribution >= 0.6 is 110 Å². The highest BCUT2D eigenvalue weighted by Crippen LogP contribution is 2.38. The van der Waals surface area contributed by atoms with Gasteiger partial charge in [0.15, 0.2) is 20.6 Å². The lowest BCUT2D eigenvalue weighted by atomic mass is 9.80. The average Bonchev–Trinajstić information content (AvgIpc) is 1.66. The number of anilines is 7. The Morgan fingerprint density at radius 1 is 0.410 bits per heavy atom. The number of hydrogen-bond acceptors (Lipinski definition) is 22. The van der Waals surface area contributed by atoms with E-state index < -0.39 is 48.4 Å². The Balaban J connectivity index is 0.000000168. The number of pyridine rings is 7. The van der Waals surface area contributed by atoms with Gasteiger partial charge in [0.1, 0.15) is 34.7 Å². The van der Waals surface area contributed by atoms with Gasteiger partial charge in [-0.15, -0.1) is 0 Å². The van der Waals surface area contributed by atoms with Crippen LogP contribution in [0.4, 0.5) is 40.2 Å². The number of benzene rings is 6. The summed E-state index contributed by atoms with van der Waals surface area (Å²) in [5.41, 5.74) is 15.4. The highest BCUT2D eigenvalue weighted by Gasteiger charge is 2.52. The third kappa shape index (κ3) is 25.7. The van der Waals surface area contributed by atoms with Gasteiger partial charge < -0.3 is 45.6 Å². The molecule has 1 fully saturated rings. The smallest absolute Gasteiger partial charge is 0.496 e. The molecule has 117 heavy (non-hydrogen) atoms. The summed E-state index contributed by atoms with van der Waals surface area (Å²) < 4.78 is 113. The first-order valence-electron chi connectivity index (χ1n) is 34.1. The van der Waals surface area contributed by atoms with Crippen molar-refractivity contribution in [2.24, 2.45) is 0 Å². The first-order valence-corrected chi connectivity index (χ1v) is 43.3. The molecule has 8 heterocycles. The first-order chi connectivity index (χ1) is 55.2. The zero-order chi connectivity index (χ0) is 85.3. The maximum absolute atomic E-state index is 12.8. The predicted octanol–water partition coefficient (Wildman–Crippen LogP) is 18.5. The number of nitrogens with zero attached hydrogens (tertiary/aromatic N) is 7. The van der Waals surface area contributed by atoms with Gasteiger partial charge in [-0.3, -0.25) is 23.8 Å². The lowest BCUT2D eigenvalue weighted by Crippen LogP contribution is -2.41. The van der Waals surface area contributed by atoms with Gasteiger partial charge in [-0.05, 0) is 247 Å². The van der Waals surface area contributed by atoms with Crippen LogP contribution in [0.5, 0.6) is 17.2 Å². The van der Waals surface area contributed by atoms with Gasteiger partial charge in [0.2, 0.25) is 11.8 Å². The quantitative estimate of drug-likeness (QED) is 0.0349. The van der Waals surface area contributed by atoms with Gasteiger partial charge in [-0.2, -0.15) is 0 Å². The molecule has 0 atom stereocenters. The van der Waals surface area contributed by atoms with Gasteiger partial charge in [0, 0.05) is 83.7 Å². The highest BCUT2D eigenvalue weighted by atomic mass is 79.9. The van der Waals surface area contributed by atoms with Crippen LogP contribution in [0.1, 0.15) is 41.5 Å². The summed E-state index contributed by atoms with van der Waals surface area (Å²) in [5.74, 6) is 2.97. The number of hydrogen-bond donors (Lipinski definition) is 7. The largest absolute Gasteiger partial charge is 0.497 e. The van der Waals surface area contributed by atoms with Crippen molar-refractivity contribution < 1.29 is 58.4 Å². The Morgan fingerprint density at radius 3 is 1.20 bits per heavy atom. The van der Waals surface area contributed by atoms with Crippen LogP contribution in [0.15, 0.2) is 245 Å². The fourth-order valence-electron chi connectivity index (χ4n) is 10.1. The van der Waals surface area contributed by atoms with Gasteiger partial charge in [0.25, 0.3) is 30.1 Å². The second kappa shape index (κ2) is 40.2. The van der Waals surface area contributed by atoms with Gasteiger partial charge >= 0.3 is 7.12 Å². The molecule has 27 nitrogen and oxygen atoms in total. The molecule has 14 rings (SSSR count). The number of fused-ring (bicyclic) bond motifs is 3. The molecular weight excluding hydrogens is 1910 g/mol. The Hall–Kier alpha value is -9.60. The van der Waals surface area contributed by atoms with E-state index in [2.05, 4.69) is 123 Å². The van der Waals surface area contributed by atoms with E-state index in [1.807, 2.05) is 100 Å². The minimum absolute atomic E-state index is 0.0253. The highest BCUT2D eigenvalue weighted by molar-refractivity contribution is 9.11. The van der Waals surface area contributed by atoms with Crippen molar-refractivity contribution in [3.05, 3.63) is 251 Å². The number of aromatic nitrogens is 7. The molecule has 6 aromatic carbocycles. The monoisotopic (exact) mass is 1970 g/mol. The van der Waals surface area contributed by atoms with E-state index in [1.165, 1.54) is 90.0 Å². The zero-order valence-electron chi connectivity index (χ0n) is 63.1. The molecule has 0 aliphatic carbocycles. The average molecular weight is 1980 g/mol. The lowest BCUT2D eigenvalue weighted by Gasteiger charge is -2.32. The van der Waals surface area contributed by atoms with E-state index in [1.54, 1.807) is 85.2 Å². The third-order valence-electron chi connectivity index (χ3n) is 16.7. The van der Waals surface area contributed by atoms with Crippen molar-refractivity contribution in [1.29, 1.82) is 0 Å². The molecule has 39 heteroatoms. The minimum Gasteiger partial charge on any atom is -0.497 e. The molecule has 9 N–H and O–H groups in total. The van der Waals surface area contributed by atoms with E-state index in [0.29, 0.717) is 66.6 Å². The third-order valence-corrected chi connectivity index (χ3v) is 23.9. The van der Waals surface area contributed by atoms with E-state index in [4.69, 9.17) is 81.4 Å². The number of amides is 2. The number of sulfonamides is 3. The van der Waals surface area contributed by atoms with Crippen LogP contribution in [-0.2, 0) is 49.0 Å². The Kier molecular flexibility index (Phi) is 31.4. The fourth-order valence-corrected chi connectivity index (χ4v) is 15.5. The molecule has 7 aromatic heterocycles. The zero-order valence-corrected chi connectivity index (χ0v) is 74.9. The van der Waals surface area contributed by atoms with E-state index >= 15 is 0 Å². The van der Waals surface area contributed by atoms with E-state index in [9.17, 15) is 34.8 Å². The predicted molar refractivity (Wildman–Crippen MR) is 477 cm³/mol. The standard InChI is InChI=1S/C23H19ClN4O4S.C18H22BClN2O5S.C12H10BrClN2O3S.C11H9BrN2O.C9H7BrN2.C5H4BrClN2/c1-14(29)26-22-10-4-16-11-15(3-9-20(16)27-22)17-12-21(23(24)25-13-17)28-33(30,31)19-7-5-18(32-2)6-8-19;1-17(2)18(3,4)27-19(26-17)12-10-15(16(20)21-11-12)22-28(23,24)14-8-6-13(25-5)7-9-14;1-19-9-2-4-10(5-3-9)20(17,18)16-11-6-8(13)7-15-12(11)14;1-7(15)13-11-5-2-8-6-9(12)3-4-10(8)14-11;10-7-2-3-8-6(5-7)1-4-9(11)12-8;6-3-1-4(8)5(7)9-2-3/h3-13,28H,1-2H3,(H,26,27,29);6-11,22H,1-5H3;2-7,16H,1H3;2-6H,1H3,(H,13,14,15);1-5H,(H2,11,12);1-2H,8H2. The van der Waals surface area contributed by atoms with Crippen LogP contribution < -0.4 is 55.9 Å². The summed E-state index contributed by atoms with van der Waals surface area (Å²) in [6, 6.07) is 52.8. The normalized spacial score (nSPS) is 12.5. The summed E-state index contributed by atoms with van der Waals surface area (Å²) in [7, 11) is -7.63.